The van der Waals surface area contributed by atoms with E-state index in [4.69, 9.17) is 5.21 Å². The van der Waals surface area contributed by atoms with Crippen molar-refractivity contribution in [1.29, 1.82) is 0 Å². The first kappa shape index (κ1) is 13.3. The lowest BCUT2D eigenvalue weighted by Crippen LogP contribution is -2.17. The van der Waals surface area contributed by atoms with Crippen molar-refractivity contribution in [2.24, 2.45) is 5.16 Å². The first-order chi connectivity index (χ1) is 9.06. The molecule has 0 amide bonds. The van der Waals surface area contributed by atoms with Gasteiger partial charge in [0.15, 0.2) is 0 Å². The van der Waals surface area contributed by atoms with E-state index in [1.165, 1.54) is 5.56 Å². The molecule has 1 heterocycles. The lowest BCUT2D eigenvalue weighted by atomic mass is 9.99. The highest BCUT2D eigenvalue weighted by molar-refractivity contribution is 5.87. The van der Waals surface area contributed by atoms with E-state index < -0.39 is 0 Å². The summed E-state index contributed by atoms with van der Waals surface area (Å²) in [6.45, 7) is 5.72. The number of aryl methyl sites for hydroxylation is 2. The second-order valence-electron chi connectivity index (χ2n) is 4.80. The fraction of sp³-hybridized carbons (Fsp3) is 0.333. The van der Waals surface area contributed by atoms with Crippen LogP contribution in [-0.2, 0) is 12.8 Å². The summed E-state index contributed by atoms with van der Waals surface area (Å²) in [5.41, 5.74) is 4.09. The molecule has 4 nitrogen and oxygen atoms in total. The molecule has 0 spiro atoms. The van der Waals surface area contributed by atoms with Crippen molar-refractivity contribution in [2.75, 3.05) is 0 Å². The number of rotatable bonds is 3. The van der Waals surface area contributed by atoms with Gasteiger partial charge in [0.2, 0.25) is 0 Å². The molecule has 0 saturated heterocycles. The Balaban J connectivity index is 2.65. The zero-order valence-electron chi connectivity index (χ0n) is 11.4. The largest absolute Gasteiger partial charge is 0.411 e. The minimum atomic E-state index is -0.110. The predicted molar refractivity (Wildman–Crippen MR) is 77.3 cm³/mol. The quantitative estimate of drug-likeness (QED) is 0.505. The molecule has 0 aliphatic rings. The Morgan fingerprint density at radius 1 is 1.42 bits per heavy atom. The van der Waals surface area contributed by atoms with Crippen molar-refractivity contribution in [3.63, 3.8) is 0 Å². The van der Waals surface area contributed by atoms with E-state index in [1.807, 2.05) is 19.1 Å². The Labute approximate surface area is 111 Å². The van der Waals surface area contributed by atoms with E-state index in [2.05, 4.69) is 23.1 Å². The number of aromatic nitrogens is 1. The Hall–Kier alpha value is -2.10. The molecule has 19 heavy (non-hydrogen) atoms. The molecule has 100 valence electrons. The number of oxime groups is 1. The van der Waals surface area contributed by atoms with Crippen LogP contribution in [0.4, 0.5) is 0 Å². The first-order valence-corrected chi connectivity index (χ1v) is 6.38. The van der Waals surface area contributed by atoms with Crippen LogP contribution in [0, 0.1) is 6.92 Å². The van der Waals surface area contributed by atoms with Gasteiger partial charge >= 0.3 is 0 Å². The lowest BCUT2D eigenvalue weighted by molar-refractivity contribution is 0.317. The van der Waals surface area contributed by atoms with Gasteiger partial charge < -0.3 is 10.2 Å². The molecule has 2 N–H and O–H groups in total. The minimum Gasteiger partial charge on any atom is -0.411 e. The molecular weight excluding hydrogens is 240 g/mol. The number of nitrogens with zero attached hydrogens (tertiary/aromatic N) is 1. The molecule has 0 unspecified atom stereocenters. The third-order valence-corrected chi connectivity index (χ3v) is 3.47. The third-order valence-electron chi connectivity index (χ3n) is 3.47. The fourth-order valence-electron chi connectivity index (χ4n) is 2.28. The van der Waals surface area contributed by atoms with E-state index in [-0.39, 0.29) is 5.56 Å². The summed E-state index contributed by atoms with van der Waals surface area (Å²) in [4.78, 5) is 15.0. The number of nitrogens with one attached hydrogen (secondary N) is 1. The molecular formula is C15H18N2O2. The second kappa shape index (κ2) is 5.26. The molecule has 0 atom stereocenters. The molecule has 0 fully saturated rings. The molecule has 0 saturated carbocycles. The maximum atomic E-state index is 12.1. The van der Waals surface area contributed by atoms with Gasteiger partial charge in [-0.3, -0.25) is 4.79 Å². The van der Waals surface area contributed by atoms with Crippen LogP contribution in [0.15, 0.2) is 28.1 Å². The summed E-state index contributed by atoms with van der Waals surface area (Å²) in [6.07, 6.45) is 1.30. The number of aromatic amines is 1. The Kier molecular flexibility index (Phi) is 3.69. The van der Waals surface area contributed by atoms with Crippen molar-refractivity contribution < 1.29 is 5.21 Å². The minimum absolute atomic E-state index is 0.110. The molecule has 1 aromatic carbocycles. The molecule has 2 rings (SSSR count). The van der Waals surface area contributed by atoms with Crippen LogP contribution in [0.5, 0.6) is 0 Å². The van der Waals surface area contributed by atoms with Crippen LogP contribution >= 0.6 is 0 Å². The first-order valence-electron chi connectivity index (χ1n) is 6.38. The van der Waals surface area contributed by atoms with Crippen molar-refractivity contribution in [1.82, 2.24) is 4.98 Å². The van der Waals surface area contributed by atoms with Crippen LogP contribution in [-0.4, -0.2) is 15.9 Å². The molecule has 2 aromatic rings. The average Bonchev–Trinajstić information content (AvgIpc) is 2.42. The summed E-state index contributed by atoms with van der Waals surface area (Å²) in [5.74, 6) is 0. The molecule has 0 aliphatic carbocycles. The maximum Gasteiger partial charge on any atom is 0.252 e. The average molecular weight is 258 g/mol. The SMILES string of the molecule is CCc1ccc2c(C)c(CC(C)=NO)c(=O)[nH]c2c1. The van der Waals surface area contributed by atoms with Gasteiger partial charge in [-0.2, -0.15) is 0 Å². The van der Waals surface area contributed by atoms with Crippen molar-refractivity contribution in [2.45, 2.75) is 33.6 Å². The molecule has 4 heteroatoms. The highest BCUT2D eigenvalue weighted by Gasteiger charge is 2.10. The van der Waals surface area contributed by atoms with Crippen LogP contribution in [0.25, 0.3) is 10.9 Å². The monoisotopic (exact) mass is 258 g/mol. The van der Waals surface area contributed by atoms with Gasteiger partial charge in [0.05, 0.1) is 5.71 Å². The highest BCUT2D eigenvalue weighted by Crippen LogP contribution is 2.19. The Morgan fingerprint density at radius 3 is 2.79 bits per heavy atom. The van der Waals surface area contributed by atoms with Gasteiger partial charge in [-0.15, -0.1) is 0 Å². The second-order valence-corrected chi connectivity index (χ2v) is 4.80. The van der Waals surface area contributed by atoms with Crippen molar-refractivity contribution in [3.8, 4) is 0 Å². The zero-order chi connectivity index (χ0) is 14.0. The summed E-state index contributed by atoms with van der Waals surface area (Å²) < 4.78 is 0. The van der Waals surface area contributed by atoms with E-state index in [0.717, 1.165) is 22.9 Å². The van der Waals surface area contributed by atoms with E-state index >= 15 is 0 Å². The van der Waals surface area contributed by atoms with Gasteiger partial charge in [-0.05, 0) is 37.5 Å². The number of hydrogen-bond donors (Lipinski definition) is 2. The standard InChI is InChI=1S/C15H18N2O2/c1-4-11-5-6-12-10(3)13(7-9(2)17-19)15(18)16-14(12)8-11/h5-6,8,19H,4,7H2,1-3H3,(H,16,18). The van der Waals surface area contributed by atoms with Crippen molar-refractivity contribution >= 4 is 16.6 Å². The van der Waals surface area contributed by atoms with E-state index in [1.54, 1.807) is 6.92 Å². The van der Waals surface area contributed by atoms with Crippen LogP contribution in [0.2, 0.25) is 0 Å². The molecule has 0 aliphatic heterocycles. The van der Waals surface area contributed by atoms with Gasteiger partial charge in [-0.1, -0.05) is 24.2 Å². The Morgan fingerprint density at radius 2 is 2.16 bits per heavy atom. The molecule has 0 bridgehead atoms. The van der Waals surface area contributed by atoms with Gasteiger partial charge in [-0.25, -0.2) is 0 Å². The zero-order valence-corrected chi connectivity index (χ0v) is 11.4. The van der Waals surface area contributed by atoms with Crippen molar-refractivity contribution in [3.05, 3.63) is 45.2 Å². The fourth-order valence-corrected chi connectivity index (χ4v) is 2.28. The molecule has 1 aromatic heterocycles. The van der Waals surface area contributed by atoms with Crippen LogP contribution < -0.4 is 5.56 Å². The Bertz CT molecular complexity index is 699. The highest BCUT2D eigenvalue weighted by atomic mass is 16.4. The summed E-state index contributed by atoms with van der Waals surface area (Å²) in [5, 5.41) is 12.9. The van der Waals surface area contributed by atoms with E-state index in [0.29, 0.717) is 17.7 Å². The van der Waals surface area contributed by atoms with Crippen LogP contribution in [0.3, 0.4) is 0 Å². The third kappa shape index (κ3) is 2.52. The number of H-pyrrole nitrogens is 1. The maximum absolute atomic E-state index is 12.1. The number of fused-ring (bicyclic) bond motifs is 1. The van der Waals surface area contributed by atoms with Crippen LogP contribution in [0.1, 0.15) is 30.5 Å². The number of pyridine rings is 1. The van der Waals surface area contributed by atoms with Gasteiger partial charge in [0, 0.05) is 22.9 Å². The number of hydrogen-bond acceptors (Lipinski definition) is 3. The lowest BCUT2D eigenvalue weighted by Gasteiger charge is -2.09. The smallest absolute Gasteiger partial charge is 0.252 e. The summed E-state index contributed by atoms with van der Waals surface area (Å²) >= 11 is 0. The normalized spacial score (nSPS) is 12.1. The topological polar surface area (TPSA) is 65.5 Å². The summed E-state index contributed by atoms with van der Waals surface area (Å²) in [6, 6.07) is 6.12. The van der Waals surface area contributed by atoms with Gasteiger partial charge in [0.1, 0.15) is 0 Å². The predicted octanol–water partition coefficient (Wildman–Crippen LogP) is 2.79. The van der Waals surface area contributed by atoms with Gasteiger partial charge in [0.25, 0.3) is 5.56 Å². The molecule has 0 radical (unpaired) electrons. The summed E-state index contributed by atoms with van der Waals surface area (Å²) in [7, 11) is 0. The van der Waals surface area contributed by atoms with E-state index in [9.17, 15) is 4.79 Å². The number of benzene rings is 1.